The van der Waals surface area contributed by atoms with Gasteiger partial charge in [0, 0.05) is 12.1 Å². The fourth-order valence-corrected chi connectivity index (χ4v) is 3.06. The minimum atomic E-state index is -0.655. The van der Waals surface area contributed by atoms with Crippen molar-refractivity contribution in [1.82, 2.24) is 15.1 Å². The van der Waals surface area contributed by atoms with Crippen molar-refractivity contribution in [3.63, 3.8) is 0 Å². The lowest BCUT2D eigenvalue weighted by atomic mass is 10.1. The van der Waals surface area contributed by atoms with E-state index in [1.165, 1.54) is 12.1 Å². The van der Waals surface area contributed by atoms with Crippen molar-refractivity contribution in [2.75, 3.05) is 11.9 Å². The number of benzene rings is 2. The van der Waals surface area contributed by atoms with Crippen LogP contribution in [-0.4, -0.2) is 27.7 Å². The molecule has 1 N–H and O–H groups in total. The Morgan fingerprint density at radius 2 is 1.90 bits per heavy atom. The topological polar surface area (TPSA) is 90.1 Å². The number of aryl methyl sites for hydroxylation is 1. The van der Waals surface area contributed by atoms with E-state index in [9.17, 15) is 9.18 Å². The number of hydrogen-bond donors (Lipinski definition) is 1. The Balaban J connectivity index is 1.80. The maximum Gasteiger partial charge on any atom is 0.376 e. The van der Waals surface area contributed by atoms with Crippen molar-refractivity contribution in [1.29, 1.82) is 0 Å². The van der Waals surface area contributed by atoms with Gasteiger partial charge in [-0.1, -0.05) is 29.4 Å². The van der Waals surface area contributed by atoms with Gasteiger partial charge in [-0.2, -0.15) is 4.98 Å². The molecule has 2 aromatic carbocycles. The first-order chi connectivity index (χ1) is 14.6. The summed E-state index contributed by atoms with van der Waals surface area (Å²) in [6, 6.07) is 13.8. The second-order valence-corrected chi connectivity index (χ2v) is 6.61. The summed E-state index contributed by atoms with van der Waals surface area (Å²) in [4.78, 5) is 20.7. The van der Waals surface area contributed by atoms with Crippen LogP contribution in [0, 0.1) is 12.7 Å². The van der Waals surface area contributed by atoms with Gasteiger partial charge in [-0.15, -0.1) is 0 Å². The van der Waals surface area contributed by atoms with Crippen LogP contribution in [0.2, 0.25) is 0 Å². The molecule has 2 aromatic heterocycles. The highest BCUT2D eigenvalue weighted by Gasteiger charge is 2.22. The molecule has 8 heteroatoms. The molecular formula is C22H19FN4O3. The monoisotopic (exact) mass is 406 g/mol. The first-order valence-electron chi connectivity index (χ1n) is 9.45. The lowest BCUT2D eigenvalue weighted by molar-refractivity contribution is 0.0512. The van der Waals surface area contributed by atoms with E-state index in [1.807, 2.05) is 31.2 Å². The predicted octanol–water partition coefficient (Wildman–Crippen LogP) is 4.52. The van der Waals surface area contributed by atoms with Gasteiger partial charge >= 0.3 is 5.97 Å². The van der Waals surface area contributed by atoms with E-state index in [4.69, 9.17) is 9.26 Å². The molecule has 0 amide bonds. The van der Waals surface area contributed by atoms with E-state index in [-0.39, 0.29) is 24.0 Å². The minimum absolute atomic E-state index is 0.126. The molecule has 0 spiro atoms. The molecule has 0 bridgehead atoms. The molecule has 0 aliphatic carbocycles. The normalized spacial score (nSPS) is 10.9. The van der Waals surface area contributed by atoms with Crippen molar-refractivity contribution in [3.05, 3.63) is 71.3 Å². The van der Waals surface area contributed by atoms with Crippen molar-refractivity contribution < 1.29 is 18.4 Å². The van der Waals surface area contributed by atoms with Crippen molar-refractivity contribution in [2.24, 2.45) is 0 Å². The van der Waals surface area contributed by atoms with Crippen LogP contribution in [0.15, 0.2) is 53.1 Å². The average Bonchev–Trinajstić information content (AvgIpc) is 3.18. The Morgan fingerprint density at radius 1 is 1.13 bits per heavy atom. The van der Waals surface area contributed by atoms with Crippen molar-refractivity contribution in [3.8, 4) is 11.3 Å². The molecule has 0 aliphatic heterocycles. The number of carbonyl (C=O) groups is 1. The average molecular weight is 406 g/mol. The molecule has 4 rings (SSSR count). The van der Waals surface area contributed by atoms with Gasteiger partial charge in [0.2, 0.25) is 5.82 Å². The standard InChI is InChI=1S/C22H19FN4O3/c1-3-29-22(28)20-25-19(24-12-15-7-5-4-6-13(15)2)17-18(27-30-21(17)26-20)14-8-10-16(23)11-9-14/h4-11H,3,12H2,1-2H3,(H,24,25,26). The summed E-state index contributed by atoms with van der Waals surface area (Å²) in [6.45, 7) is 4.38. The molecule has 0 radical (unpaired) electrons. The number of ether oxygens (including phenoxy) is 1. The van der Waals surface area contributed by atoms with Crippen molar-refractivity contribution in [2.45, 2.75) is 20.4 Å². The number of carbonyl (C=O) groups excluding carboxylic acids is 1. The van der Waals surface area contributed by atoms with Crippen LogP contribution in [0.5, 0.6) is 0 Å². The first-order valence-corrected chi connectivity index (χ1v) is 9.45. The Morgan fingerprint density at radius 3 is 2.63 bits per heavy atom. The lowest BCUT2D eigenvalue weighted by Gasteiger charge is -2.10. The number of hydrogen-bond acceptors (Lipinski definition) is 7. The van der Waals surface area contributed by atoms with Crippen LogP contribution in [0.4, 0.5) is 10.2 Å². The summed E-state index contributed by atoms with van der Waals surface area (Å²) in [6.07, 6.45) is 0. The van der Waals surface area contributed by atoms with Gasteiger partial charge in [-0.25, -0.2) is 14.2 Å². The molecule has 0 atom stereocenters. The molecule has 4 aromatic rings. The number of esters is 1. The molecule has 0 saturated heterocycles. The Kier molecular flexibility index (Phi) is 5.38. The molecular weight excluding hydrogens is 387 g/mol. The maximum atomic E-state index is 13.3. The predicted molar refractivity (Wildman–Crippen MR) is 109 cm³/mol. The van der Waals surface area contributed by atoms with Gasteiger partial charge in [0.15, 0.2) is 0 Å². The number of nitrogens with one attached hydrogen (secondary N) is 1. The van der Waals surface area contributed by atoms with Gasteiger partial charge in [0.1, 0.15) is 22.7 Å². The van der Waals surface area contributed by atoms with E-state index in [0.29, 0.717) is 29.0 Å². The van der Waals surface area contributed by atoms with E-state index in [1.54, 1.807) is 19.1 Å². The summed E-state index contributed by atoms with van der Waals surface area (Å²) < 4.78 is 23.7. The number of halogens is 1. The smallest absolute Gasteiger partial charge is 0.376 e. The molecule has 0 saturated carbocycles. The number of rotatable bonds is 6. The first kappa shape index (κ1) is 19.5. The van der Waals surface area contributed by atoms with Crippen LogP contribution < -0.4 is 5.32 Å². The van der Waals surface area contributed by atoms with Crippen LogP contribution >= 0.6 is 0 Å². The number of anilines is 1. The van der Waals surface area contributed by atoms with E-state index in [0.717, 1.165) is 11.1 Å². The molecule has 152 valence electrons. The summed E-state index contributed by atoms with van der Waals surface area (Å²) in [5.41, 5.74) is 3.42. The minimum Gasteiger partial charge on any atom is -0.460 e. The summed E-state index contributed by atoms with van der Waals surface area (Å²) in [7, 11) is 0. The summed E-state index contributed by atoms with van der Waals surface area (Å²) >= 11 is 0. The highest BCUT2D eigenvalue weighted by atomic mass is 19.1. The van der Waals surface area contributed by atoms with Crippen LogP contribution in [-0.2, 0) is 11.3 Å². The Hall–Kier alpha value is -3.81. The quantitative estimate of drug-likeness (QED) is 0.471. The van der Waals surface area contributed by atoms with E-state index >= 15 is 0 Å². The number of aromatic nitrogens is 3. The van der Waals surface area contributed by atoms with Crippen LogP contribution in [0.3, 0.4) is 0 Å². The second-order valence-electron chi connectivity index (χ2n) is 6.61. The number of nitrogens with zero attached hydrogens (tertiary/aromatic N) is 3. The highest BCUT2D eigenvalue weighted by Crippen LogP contribution is 2.32. The van der Waals surface area contributed by atoms with Crippen LogP contribution in [0.1, 0.15) is 28.7 Å². The number of fused-ring (bicyclic) bond motifs is 1. The molecule has 0 fully saturated rings. The van der Waals surface area contributed by atoms with Gasteiger partial charge in [0.25, 0.3) is 5.71 Å². The highest BCUT2D eigenvalue weighted by molar-refractivity contribution is 5.99. The summed E-state index contributed by atoms with van der Waals surface area (Å²) in [5, 5.41) is 7.84. The molecule has 2 heterocycles. The fourth-order valence-electron chi connectivity index (χ4n) is 3.06. The zero-order valence-corrected chi connectivity index (χ0v) is 16.5. The Bertz CT molecular complexity index is 1200. The molecule has 7 nitrogen and oxygen atoms in total. The van der Waals surface area contributed by atoms with Crippen LogP contribution in [0.25, 0.3) is 22.4 Å². The molecule has 0 unspecified atom stereocenters. The maximum absolute atomic E-state index is 13.3. The largest absolute Gasteiger partial charge is 0.460 e. The molecule has 0 aliphatic rings. The van der Waals surface area contributed by atoms with E-state index < -0.39 is 5.97 Å². The van der Waals surface area contributed by atoms with Gasteiger partial charge in [-0.3, -0.25) is 0 Å². The van der Waals surface area contributed by atoms with E-state index in [2.05, 4.69) is 20.4 Å². The zero-order valence-electron chi connectivity index (χ0n) is 16.5. The van der Waals surface area contributed by atoms with Gasteiger partial charge < -0.3 is 14.6 Å². The molecule has 30 heavy (non-hydrogen) atoms. The zero-order chi connectivity index (χ0) is 21.1. The van der Waals surface area contributed by atoms with Gasteiger partial charge in [-0.05, 0) is 49.2 Å². The third-order valence-electron chi connectivity index (χ3n) is 4.62. The fraction of sp³-hybridized carbons (Fsp3) is 0.182. The third kappa shape index (κ3) is 3.84. The third-order valence-corrected chi connectivity index (χ3v) is 4.62. The Labute approximate surface area is 171 Å². The lowest BCUT2D eigenvalue weighted by Crippen LogP contribution is -2.12. The second kappa shape index (κ2) is 8.28. The van der Waals surface area contributed by atoms with Gasteiger partial charge in [0.05, 0.1) is 6.61 Å². The SMILES string of the molecule is CCOC(=O)c1nc(NCc2ccccc2C)c2c(-c3ccc(F)cc3)noc2n1. The summed E-state index contributed by atoms with van der Waals surface area (Å²) in [5.74, 6) is -0.756. The van der Waals surface area contributed by atoms with Crippen molar-refractivity contribution >= 4 is 22.9 Å².